The van der Waals surface area contributed by atoms with Gasteiger partial charge in [0, 0.05) is 0 Å². The highest BCUT2D eigenvalue weighted by atomic mass is 16.6. The summed E-state index contributed by atoms with van der Waals surface area (Å²) >= 11 is 0. The molecule has 2 aliphatic carbocycles. The third-order valence-corrected chi connectivity index (χ3v) is 6.10. The predicted octanol–water partition coefficient (Wildman–Crippen LogP) is 5.47. The second-order valence-corrected chi connectivity index (χ2v) is 7.27. The molecular formula is C18H32O. The van der Waals surface area contributed by atoms with Gasteiger partial charge >= 0.3 is 0 Å². The van der Waals surface area contributed by atoms with Crippen LogP contribution in [0.1, 0.15) is 90.4 Å². The maximum atomic E-state index is 6.49. The molecule has 0 spiro atoms. The minimum absolute atomic E-state index is 0.357. The first-order valence-electron chi connectivity index (χ1n) is 9.05. The van der Waals surface area contributed by atoms with Gasteiger partial charge in [0.25, 0.3) is 0 Å². The molecule has 1 atom stereocenters. The maximum Gasteiger partial charge on any atom is 0.100 e. The van der Waals surface area contributed by atoms with Crippen LogP contribution in [0.4, 0.5) is 0 Å². The van der Waals surface area contributed by atoms with E-state index in [0.29, 0.717) is 11.7 Å². The molecule has 3 aliphatic rings. The average Bonchev–Trinajstić information content (AvgIpc) is 3.23. The summed E-state index contributed by atoms with van der Waals surface area (Å²) in [6, 6.07) is 0. The summed E-state index contributed by atoms with van der Waals surface area (Å²) in [5, 5.41) is 0. The first-order valence-corrected chi connectivity index (χ1v) is 9.05. The fourth-order valence-corrected chi connectivity index (χ4v) is 5.05. The third-order valence-electron chi connectivity index (χ3n) is 6.10. The zero-order valence-electron chi connectivity index (χ0n) is 12.8. The zero-order chi connectivity index (χ0) is 13.1. The van der Waals surface area contributed by atoms with Crippen molar-refractivity contribution < 1.29 is 4.74 Å². The molecule has 0 radical (unpaired) electrons. The molecule has 0 aromatic heterocycles. The summed E-state index contributed by atoms with van der Waals surface area (Å²) in [7, 11) is 0. The fraction of sp³-hybridized carbons (Fsp3) is 1.00. The van der Waals surface area contributed by atoms with Crippen LogP contribution in [0, 0.1) is 11.8 Å². The van der Waals surface area contributed by atoms with E-state index in [4.69, 9.17) is 4.74 Å². The summed E-state index contributed by atoms with van der Waals surface area (Å²) in [5.41, 5.74) is 0.357. The van der Waals surface area contributed by atoms with Crippen LogP contribution in [0.5, 0.6) is 0 Å². The van der Waals surface area contributed by atoms with Gasteiger partial charge in [0.15, 0.2) is 0 Å². The molecule has 1 heteroatoms. The number of epoxide rings is 1. The van der Waals surface area contributed by atoms with Crippen molar-refractivity contribution in [1.82, 2.24) is 0 Å². The normalized spacial score (nSPS) is 32.4. The Morgan fingerprint density at radius 3 is 1.84 bits per heavy atom. The Balaban J connectivity index is 1.68. The van der Waals surface area contributed by atoms with Crippen molar-refractivity contribution in [2.24, 2.45) is 11.8 Å². The summed E-state index contributed by atoms with van der Waals surface area (Å²) in [4.78, 5) is 0. The second kappa shape index (κ2) is 6.16. The molecule has 110 valence electrons. The van der Waals surface area contributed by atoms with E-state index in [-0.39, 0.29) is 0 Å². The van der Waals surface area contributed by atoms with E-state index in [1.54, 1.807) is 0 Å². The minimum atomic E-state index is 0.357. The van der Waals surface area contributed by atoms with Gasteiger partial charge in [-0.3, -0.25) is 0 Å². The van der Waals surface area contributed by atoms with Crippen LogP contribution in [-0.4, -0.2) is 11.7 Å². The Morgan fingerprint density at radius 2 is 1.37 bits per heavy atom. The largest absolute Gasteiger partial charge is 0.365 e. The highest BCUT2D eigenvalue weighted by Gasteiger charge is 2.63. The number of unbranched alkanes of at least 4 members (excludes halogenated alkanes) is 1. The van der Waals surface area contributed by atoms with E-state index in [0.717, 1.165) is 11.8 Å². The molecule has 0 amide bonds. The molecule has 2 saturated carbocycles. The Bertz CT molecular complexity index is 255. The van der Waals surface area contributed by atoms with Crippen LogP contribution in [0.3, 0.4) is 0 Å². The summed E-state index contributed by atoms with van der Waals surface area (Å²) < 4.78 is 6.49. The number of rotatable bonds is 5. The fourth-order valence-electron chi connectivity index (χ4n) is 5.05. The van der Waals surface area contributed by atoms with Crippen LogP contribution >= 0.6 is 0 Å². The quantitative estimate of drug-likeness (QED) is 0.599. The lowest BCUT2D eigenvalue weighted by molar-refractivity contribution is 0.0906. The lowest BCUT2D eigenvalue weighted by Crippen LogP contribution is -2.38. The van der Waals surface area contributed by atoms with E-state index in [9.17, 15) is 0 Å². The molecular weight excluding hydrogens is 232 g/mol. The predicted molar refractivity (Wildman–Crippen MR) is 80.3 cm³/mol. The Labute approximate surface area is 119 Å². The first-order chi connectivity index (χ1) is 9.38. The van der Waals surface area contributed by atoms with Gasteiger partial charge in [-0.25, -0.2) is 0 Å². The minimum Gasteiger partial charge on any atom is -0.365 e. The molecule has 1 unspecified atom stereocenters. The van der Waals surface area contributed by atoms with Crippen LogP contribution in [-0.2, 0) is 4.74 Å². The van der Waals surface area contributed by atoms with Gasteiger partial charge in [0.2, 0.25) is 0 Å². The van der Waals surface area contributed by atoms with Crippen molar-refractivity contribution in [2.75, 3.05) is 0 Å². The average molecular weight is 264 g/mol. The highest BCUT2D eigenvalue weighted by Crippen LogP contribution is 2.58. The van der Waals surface area contributed by atoms with Crippen LogP contribution in [0.2, 0.25) is 0 Å². The van der Waals surface area contributed by atoms with E-state index in [1.807, 2.05) is 0 Å². The van der Waals surface area contributed by atoms with E-state index >= 15 is 0 Å². The standard InChI is InChI=1S/C18H32O/c1-2-3-14-17-18(19-17,15-10-6-4-7-11-15)16-12-8-5-9-13-16/h15-17H,2-14H2,1H3. The number of hydrogen-bond acceptors (Lipinski definition) is 1. The summed E-state index contributed by atoms with van der Waals surface area (Å²) in [6.07, 6.45) is 19.3. The number of ether oxygens (including phenoxy) is 1. The molecule has 0 aromatic carbocycles. The molecule has 1 nitrogen and oxygen atoms in total. The molecule has 1 heterocycles. The second-order valence-electron chi connectivity index (χ2n) is 7.27. The van der Waals surface area contributed by atoms with Crippen LogP contribution in [0.15, 0.2) is 0 Å². The summed E-state index contributed by atoms with van der Waals surface area (Å²) in [5.74, 6) is 1.82. The Hall–Kier alpha value is -0.0400. The van der Waals surface area contributed by atoms with Crippen molar-refractivity contribution in [2.45, 2.75) is 102 Å². The smallest absolute Gasteiger partial charge is 0.100 e. The molecule has 0 bridgehead atoms. The van der Waals surface area contributed by atoms with Gasteiger partial charge in [-0.15, -0.1) is 0 Å². The molecule has 1 aliphatic heterocycles. The van der Waals surface area contributed by atoms with Crippen LogP contribution < -0.4 is 0 Å². The molecule has 3 rings (SSSR count). The molecule has 0 N–H and O–H groups in total. The van der Waals surface area contributed by atoms with Crippen molar-refractivity contribution >= 4 is 0 Å². The van der Waals surface area contributed by atoms with Crippen molar-refractivity contribution in [1.29, 1.82) is 0 Å². The molecule has 1 saturated heterocycles. The zero-order valence-corrected chi connectivity index (χ0v) is 12.8. The lowest BCUT2D eigenvalue weighted by Gasteiger charge is -2.36. The molecule has 0 aromatic rings. The van der Waals surface area contributed by atoms with Gasteiger partial charge in [-0.1, -0.05) is 58.3 Å². The van der Waals surface area contributed by atoms with Gasteiger partial charge < -0.3 is 4.74 Å². The summed E-state index contributed by atoms with van der Waals surface area (Å²) in [6.45, 7) is 2.31. The van der Waals surface area contributed by atoms with Gasteiger partial charge in [-0.2, -0.15) is 0 Å². The first kappa shape index (κ1) is 13.9. The Kier molecular flexibility index (Phi) is 4.51. The number of hydrogen-bond donors (Lipinski definition) is 0. The Morgan fingerprint density at radius 1 is 0.842 bits per heavy atom. The van der Waals surface area contributed by atoms with Gasteiger partial charge in [0.1, 0.15) is 5.60 Å². The molecule has 3 fully saturated rings. The topological polar surface area (TPSA) is 12.5 Å². The van der Waals surface area contributed by atoms with Crippen molar-refractivity contribution in [3.8, 4) is 0 Å². The highest BCUT2D eigenvalue weighted by molar-refractivity contribution is 5.11. The van der Waals surface area contributed by atoms with Crippen molar-refractivity contribution in [3.05, 3.63) is 0 Å². The van der Waals surface area contributed by atoms with E-state index in [2.05, 4.69) is 6.92 Å². The maximum absolute atomic E-state index is 6.49. The van der Waals surface area contributed by atoms with E-state index in [1.165, 1.54) is 83.5 Å². The van der Waals surface area contributed by atoms with Crippen LogP contribution in [0.25, 0.3) is 0 Å². The lowest BCUT2D eigenvalue weighted by atomic mass is 9.67. The van der Waals surface area contributed by atoms with Gasteiger partial charge in [0.05, 0.1) is 6.10 Å². The molecule has 19 heavy (non-hydrogen) atoms. The van der Waals surface area contributed by atoms with Crippen molar-refractivity contribution in [3.63, 3.8) is 0 Å². The SMILES string of the molecule is CCCCC1OC1(C1CCCCC1)C1CCCCC1. The van der Waals surface area contributed by atoms with Gasteiger partial charge in [-0.05, 0) is 43.9 Å². The third kappa shape index (κ3) is 2.73. The monoisotopic (exact) mass is 264 g/mol. The van der Waals surface area contributed by atoms with E-state index < -0.39 is 0 Å².